The third-order valence-corrected chi connectivity index (χ3v) is 11.2. The van der Waals surface area contributed by atoms with Crippen molar-refractivity contribution < 1.29 is 9.47 Å². The number of hydrogen-bond donors (Lipinski definition) is 1. The van der Waals surface area contributed by atoms with Crippen molar-refractivity contribution in [3.8, 4) is 22.8 Å². The van der Waals surface area contributed by atoms with Gasteiger partial charge >= 0.3 is 0 Å². The molecule has 7 rings (SSSR count). The van der Waals surface area contributed by atoms with Gasteiger partial charge in [-0.25, -0.2) is 4.98 Å². The Balaban J connectivity index is 1.39. The summed E-state index contributed by atoms with van der Waals surface area (Å²) in [7, 11) is 2.18. The van der Waals surface area contributed by atoms with E-state index >= 15 is 0 Å². The van der Waals surface area contributed by atoms with Crippen molar-refractivity contribution in [1.29, 1.82) is 0 Å². The van der Waals surface area contributed by atoms with Crippen LogP contribution in [-0.2, 0) is 5.60 Å². The fourth-order valence-corrected chi connectivity index (χ4v) is 8.54. The SMILES string of the molecule is CCOc1ccc(Nc2ccc(C3(c4cc(C)c(N(CC)CC)cc4Cl)Oc4ccccc4-c4nc(N5CCN(C)CC5)sc43)cc2)cc1. The number of hydrogen-bond acceptors (Lipinski definition) is 8. The van der Waals surface area contributed by atoms with Gasteiger partial charge in [-0.3, -0.25) is 0 Å². The number of ether oxygens (including phenoxy) is 2. The first kappa shape index (κ1) is 33.3. The molecule has 2 aliphatic rings. The largest absolute Gasteiger partial charge is 0.494 e. The number of para-hydroxylation sites is 1. The van der Waals surface area contributed by atoms with Crippen molar-refractivity contribution in [2.75, 3.05) is 68.0 Å². The molecular formula is C40H44ClN5O2S. The molecule has 1 unspecified atom stereocenters. The molecule has 0 aliphatic carbocycles. The molecule has 1 N–H and O–H groups in total. The minimum atomic E-state index is -1.02. The van der Waals surface area contributed by atoms with Crippen molar-refractivity contribution in [3.63, 3.8) is 0 Å². The number of anilines is 4. The number of likely N-dealkylation sites (N-methyl/N-ethyl adjacent to an activating group) is 1. The van der Waals surface area contributed by atoms with Crippen molar-refractivity contribution >= 4 is 45.1 Å². The van der Waals surface area contributed by atoms with Crippen LogP contribution in [0.4, 0.5) is 22.2 Å². The third kappa shape index (κ3) is 6.22. The summed E-state index contributed by atoms with van der Waals surface area (Å²) in [5, 5.41) is 5.23. The molecule has 0 bridgehead atoms. The molecule has 1 aromatic heterocycles. The van der Waals surface area contributed by atoms with Crippen LogP contribution in [0.1, 0.15) is 42.3 Å². The number of aryl methyl sites for hydroxylation is 1. The Morgan fingerprint density at radius 3 is 2.27 bits per heavy atom. The molecule has 1 atom stereocenters. The fourth-order valence-electron chi connectivity index (χ4n) is 6.95. The number of rotatable bonds is 10. The molecule has 254 valence electrons. The Hall–Kier alpha value is -4.24. The smallest absolute Gasteiger partial charge is 0.197 e. The number of nitrogens with one attached hydrogen (secondary N) is 1. The van der Waals surface area contributed by atoms with E-state index in [2.05, 4.69) is 102 Å². The summed E-state index contributed by atoms with van der Waals surface area (Å²) in [4.78, 5) is 13.6. The van der Waals surface area contributed by atoms with Crippen LogP contribution in [0.15, 0.2) is 84.9 Å². The third-order valence-electron chi connectivity index (χ3n) is 9.63. The van der Waals surface area contributed by atoms with Crippen LogP contribution in [0.25, 0.3) is 11.3 Å². The van der Waals surface area contributed by atoms with Gasteiger partial charge in [0.2, 0.25) is 0 Å². The maximum Gasteiger partial charge on any atom is 0.197 e. The van der Waals surface area contributed by atoms with E-state index in [0.29, 0.717) is 11.6 Å². The predicted octanol–water partition coefficient (Wildman–Crippen LogP) is 9.20. The summed E-state index contributed by atoms with van der Waals surface area (Å²) in [6.45, 7) is 14.8. The Morgan fingerprint density at radius 1 is 0.918 bits per heavy atom. The Kier molecular flexibility index (Phi) is 9.46. The first-order chi connectivity index (χ1) is 23.8. The van der Waals surface area contributed by atoms with E-state index in [9.17, 15) is 0 Å². The summed E-state index contributed by atoms with van der Waals surface area (Å²) in [5.41, 5.74) is 7.11. The molecule has 1 fully saturated rings. The van der Waals surface area contributed by atoms with E-state index in [1.165, 1.54) is 0 Å². The maximum atomic E-state index is 7.41. The molecule has 49 heavy (non-hydrogen) atoms. The zero-order valence-electron chi connectivity index (χ0n) is 28.9. The number of nitrogens with zero attached hydrogens (tertiary/aromatic N) is 4. The molecule has 4 aromatic carbocycles. The van der Waals surface area contributed by atoms with Gasteiger partial charge in [0.05, 0.1) is 22.2 Å². The molecular weight excluding hydrogens is 650 g/mol. The van der Waals surface area contributed by atoms with Crippen LogP contribution in [0.2, 0.25) is 5.02 Å². The van der Waals surface area contributed by atoms with E-state index < -0.39 is 5.60 Å². The molecule has 3 heterocycles. The highest BCUT2D eigenvalue weighted by Gasteiger charge is 2.49. The molecule has 5 aromatic rings. The lowest BCUT2D eigenvalue weighted by Crippen LogP contribution is -2.44. The number of benzene rings is 4. The van der Waals surface area contributed by atoms with Gasteiger partial charge in [-0.1, -0.05) is 47.2 Å². The summed E-state index contributed by atoms with van der Waals surface area (Å²) >= 11 is 9.13. The quantitative estimate of drug-likeness (QED) is 0.157. The zero-order valence-corrected chi connectivity index (χ0v) is 30.5. The van der Waals surface area contributed by atoms with E-state index in [0.717, 1.165) is 106 Å². The highest BCUT2D eigenvalue weighted by molar-refractivity contribution is 7.16. The van der Waals surface area contributed by atoms with Crippen LogP contribution < -0.4 is 24.6 Å². The summed E-state index contributed by atoms with van der Waals surface area (Å²) < 4.78 is 13.0. The first-order valence-corrected chi connectivity index (χ1v) is 18.4. The van der Waals surface area contributed by atoms with Crippen molar-refractivity contribution in [2.24, 2.45) is 0 Å². The van der Waals surface area contributed by atoms with Gasteiger partial charge in [0, 0.05) is 73.0 Å². The number of halogens is 1. The Bertz CT molecular complexity index is 1920. The summed E-state index contributed by atoms with van der Waals surface area (Å²) in [5.74, 6) is 1.65. The lowest BCUT2D eigenvalue weighted by molar-refractivity contribution is 0.156. The highest BCUT2D eigenvalue weighted by Crippen LogP contribution is 2.56. The molecule has 0 radical (unpaired) electrons. The average molecular weight is 694 g/mol. The van der Waals surface area contributed by atoms with Gasteiger partial charge in [0.15, 0.2) is 10.7 Å². The number of fused-ring (bicyclic) bond motifs is 3. The molecule has 0 saturated carbocycles. The summed E-state index contributed by atoms with van der Waals surface area (Å²) in [6, 6.07) is 29.2. The van der Waals surface area contributed by atoms with E-state index in [1.807, 2.05) is 37.3 Å². The second-order valence-electron chi connectivity index (χ2n) is 12.7. The minimum Gasteiger partial charge on any atom is -0.494 e. The molecule has 0 spiro atoms. The predicted molar refractivity (Wildman–Crippen MR) is 205 cm³/mol. The van der Waals surface area contributed by atoms with Crippen LogP contribution in [-0.4, -0.2) is 62.8 Å². The average Bonchev–Trinajstić information content (AvgIpc) is 3.58. The lowest BCUT2D eigenvalue weighted by atomic mass is 9.80. The number of aromatic nitrogens is 1. The Morgan fingerprint density at radius 2 is 1.59 bits per heavy atom. The molecule has 1 saturated heterocycles. The van der Waals surface area contributed by atoms with Crippen molar-refractivity contribution in [2.45, 2.75) is 33.3 Å². The van der Waals surface area contributed by atoms with Crippen LogP contribution in [0.3, 0.4) is 0 Å². The summed E-state index contributed by atoms with van der Waals surface area (Å²) in [6.07, 6.45) is 0. The maximum absolute atomic E-state index is 7.41. The van der Waals surface area contributed by atoms with Gasteiger partial charge in [-0.2, -0.15) is 0 Å². The van der Waals surface area contributed by atoms with Gasteiger partial charge in [0.1, 0.15) is 11.5 Å². The van der Waals surface area contributed by atoms with Gasteiger partial charge in [-0.15, -0.1) is 0 Å². The topological polar surface area (TPSA) is 53.1 Å². The highest BCUT2D eigenvalue weighted by atomic mass is 35.5. The van der Waals surface area contributed by atoms with Gasteiger partial charge in [0.25, 0.3) is 0 Å². The fraction of sp³-hybridized carbons (Fsp3) is 0.325. The monoisotopic (exact) mass is 693 g/mol. The van der Waals surface area contributed by atoms with E-state index in [1.54, 1.807) is 11.3 Å². The van der Waals surface area contributed by atoms with Crippen LogP contribution in [0, 0.1) is 6.92 Å². The second kappa shape index (κ2) is 13.9. The van der Waals surface area contributed by atoms with Gasteiger partial charge in [-0.05, 0) is 101 Å². The minimum absolute atomic E-state index is 0.641. The van der Waals surface area contributed by atoms with Crippen LogP contribution >= 0.6 is 22.9 Å². The van der Waals surface area contributed by atoms with Gasteiger partial charge < -0.3 is 29.5 Å². The first-order valence-electron chi connectivity index (χ1n) is 17.2. The number of piperazine rings is 1. The molecule has 2 aliphatic heterocycles. The van der Waals surface area contributed by atoms with Crippen LogP contribution in [0.5, 0.6) is 11.5 Å². The van der Waals surface area contributed by atoms with E-state index in [4.69, 9.17) is 26.1 Å². The zero-order chi connectivity index (χ0) is 34.1. The Labute approximate surface area is 299 Å². The second-order valence-corrected chi connectivity index (χ2v) is 14.1. The molecule has 0 amide bonds. The standard InChI is InChI=1S/C40H44ClN5O2S/c1-6-45(7-2)35-26-34(41)33(25-27(35)4)40(28-13-15-29(16-14-28)42-30-17-19-31(20-18-30)47-8-3)38-37(32-11-9-10-12-36(32)48-40)43-39(49-38)46-23-21-44(5)22-24-46/h9-20,25-26,42H,6-8,21-24H2,1-5H3. The van der Waals surface area contributed by atoms with Crippen molar-refractivity contribution in [3.05, 3.63) is 112 Å². The molecule has 7 nitrogen and oxygen atoms in total. The van der Waals surface area contributed by atoms with E-state index in [-0.39, 0.29) is 0 Å². The lowest BCUT2D eigenvalue weighted by Gasteiger charge is -2.40. The molecule has 9 heteroatoms. The normalized spacial score (nSPS) is 17.2. The number of thiazole rings is 1. The van der Waals surface area contributed by atoms with Crippen molar-refractivity contribution in [1.82, 2.24) is 9.88 Å².